The predicted octanol–water partition coefficient (Wildman–Crippen LogP) is 5.32. The summed E-state index contributed by atoms with van der Waals surface area (Å²) in [5, 5.41) is 11.8. The van der Waals surface area contributed by atoms with Crippen molar-refractivity contribution < 1.29 is 45.4 Å². The number of alkyl halides is 3. The van der Waals surface area contributed by atoms with E-state index in [9.17, 15) is 40.7 Å². The molecule has 0 unspecified atom stereocenters. The van der Waals surface area contributed by atoms with Crippen molar-refractivity contribution in [3.05, 3.63) is 41.3 Å². The number of hydrogen-bond acceptors (Lipinski definition) is 7. The molecule has 2 N–H and O–H groups in total. The highest BCUT2D eigenvalue weighted by atomic mass is 32.2. The van der Waals surface area contributed by atoms with Gasteiger partial charge in [-0.1, -0.05) is 36.7 Å². The van der Waals surface area contributed by atoms with Crippen LogP contribution in [-0.4, -0.2) is 59.3 Å². The summed E-state index contributed by atoms with van der Waals surface area (Å²) in [6, 6.07) is 1.55. The molecular weight excluding hydrogens is 566 g/mol. The fourth-order valence-corrected chi connectivity index (χ4v) is 6.86. The number of thiazole rings is 1. The SMILES string of the molecule is CC(C)(C(=O)O)S(=O)(=O)c1cnc(NC(=O)N(CCOCc2ccc(F)cc2C(F)(F)F)C2CCCCC2)s1. The molecule has 2 amide bonds. The largest absolute Gasteiger partial charge is 0.480 e. The Hall–Kier alpha value is -2.78. The van der Waals surface area contributed by atoms with E-state index < -0.39 is 50.7 Å². The summed E-state index contributed by atoms with van der Waals surface area (Å²) in [4.78, 5) is 30.0. The van der Waals surface area contributed by atoms with Crippen molar-refractivity contribution in [3.8, 4) is 0 Å². The van der Waals surface area contributed by atoms with Crippen LogP contribution >= 0.6 is 11.3 Å². The smallest absolute Gasteiger partial charge is 0.416 e. The molecule has 1 heterocycles. The van der Waals surface area contributed by atoms with Crippen LogP contribution in [0.5, 0.6) is 0 Å². The summed E-state index contributed by atoms with van der Waals surface area (Å²) >= 11 is 0.618. The first-order valence-electron chi connectivity index (χ1n) is 12.1. The fraction of sp³-hybridized carbons (Fsp3) is 0.542. The number of ether oxygens (including phenoxy) is 1. The lowest BCUT2D eigenvalue weighted by Crippen LogP contribution is -2.45. The maximum Gasteiger partial charge on any atom is 0.416 e. The highest BCUT2D eigenvalue weighted by Gasteiger charge is 2.44. The van der Waals surface area contributed by atoms with E-state index in [4.69, 9.17) is 4.74 Å². The second-order valence-corrected chi connectivity index (χ2v) is 13.3. The highest BCUT2D eigenvalue weighted by molar-refractivity contribution is 7.95. The van der Waals surface area contributed by atoms with E-state index in [2.05, 4.69) is 10.3 Å². The minimum absolute atomic E-state index is 0.0294. The Morgan fingerprint density at radius 1 is 1.21 bits per heavy atom. The molecule has 0 aliphatic heterocycles. The van der Waals surface area contributed by atoms with Gasteiger partial charge in [-0.15, -0.1) is 0 Å². The summed E-state index contributed by atoms with van der Waals surface area (Å²) in [5.74, 6) is -2.55. The monoisotopic (exact) mass is 595 g/mol. The van der Waals surface area contributed by atoms with Gasteiger partial charge in [-0.3, -0.25) is 10.1 Å². The van der Waals surface area contributed by atoms with E-state index in [0.29, 0.717) is 30.2 Å². The number of benzene rings is 1. The molecule has 0 radical (unpaired) electrons. The van der Waals surface area contributed by atoms with E-state index in [0.717, 1.165) is 51.4 Å². The first-order chi connectivity index (χ1) is 18.1. The van der Waals surface area contributed by atoms with Crippen molar-refractivity contribution in [2.24, 2.45) is 0 Å². The molecule has 1 aromatic carbocycles. The number of hydrogen-bond donors (Lipinski definition) is 2. The number of carbonyl (C=O) groups is 2. The van der Waals surface area contributed by atoms with Gasteiger partial charge in [0.2, 0.25) is 9.84 Å². The van der Waals surface area contributed by atoms with Gasteiger partial charge in [0.25, 0.3) is 0 Å². The molecule has 39 heavy (non-hydrogen) atoms. The number of urea groups is 1. The van der Waals surface area contributed by atoms with Crippen molar-refractivity contribution in [2.45, 2.75) is 73.7 Å². The number of anilines is 1. The van der Waals surface area contributed by atoms with Gasteiger partial charge in [-0.2, -0.15) is 13.2 Å². The molecule has 1 aliphatic rings. The molecule has 3 rings (SSSR count). The molecule has 1 fully saturated rings. The number of amides is 2. The molecule has 2 aromatic rings. The van der Waals surface area contributed by atoms with Crippen LogP contribution in [0.4, 0.5) is 27.5 Å². The molecule has 1 aromatic heterocycles. The number of rotatable bonds is 10. The van der Waals surface area contributed by atoms with Crippen LogP contribution in [0.25, 0.3) is 0 Å². The number of halogens is 4. The van der Waals surface area contributed by atoms with Gasteiger partial charge >= 0.3 is 18.2 Å². The second kappa shape index (κ2) is 12.2. The van der Waals surface area contributed by atoms with Crippen LogP contribution in [-0.2, 0) is 32.2 Å². The summed E-state index contributed by atoms with van der Waals surface area (Å²) in [5.41, 5.74) is -1.37. The topological polar surface area (TPSA) is 126 Å². The Balaban J connectivity index is 1.69. The van der Waals surface area contributed by atoms with Crippen LogP contribution in [0.1, 0.15) is 57.1 Å². The normalized spacial score (nSPS) is 15.2. The van der Waals surface area contributed by atoms with E-state index in [1.165, 1.54) is 4.90 Å². The molecule has 1 aliphatic carbocycles. The van der Waals surface area contributed by atoms with E-state index in [1.54, 1.807) is 0 Å². The molecule has 1 saturated carbocycles. The first kappa shape index (κ1) is 30.8. The number of aromatic nitrogens is 1. The molecule has 216 valence electrons. The maximum absolute atomic E-state index is 13.4. The average molecular weight is 596 g/mol. The number of carboxylic acid groups (broad SMARTS) is 1. The zero-order chi connectivity index (χ0) is 29.0. The molecule has 0 spiro atoms. The van der Waals surface area contributed by atoms with Crippen LogP contribution in [0.2, 0.25) is 0 Å². The average Bonchev–Trinajstić information content (AvgIpc) is 3.33. The zero-order valence-corrected chi connectivity index (χ0v) is 22.9. The molecule has 0 bridgehead atoms. The minimum Gasteiger partial charge on any atom is -0.480 e. The van der Waals surface area contributed by atoms with Crippen LogP contribution in [0.15, 0.2) is 28.6 Å². The van der Waals surface area contributed by atoms with Crippen molar-refractivity contribution in [1.82, 2.24) is 9.88 Å². The van der Waals surface area contributed by atoms with E-state index in [1.807, 2.05) is 0 Å². The quantitative estimate of drug-likeness (QED) is 0.281. The van der Waals surface area contributed by atoms with Crippen molar-refractivity contribution in [3.63, 3.8) is 0 Å². The van der Waals surface area contributed by atoms with Crippen molar-refractivity contribution in [2.75, 3.05) is 18.5 Å². The molecule has 9 nitrogen and oxygen atoms in total. The fourth-order valence-electron chi connectivity index (χ4n) is 4.10. The van der Waals surface area contributed by atoms with Gasteiger partial charge in [0.05, 0.1) is 25.0 Å². The van der Waals surface area contributed by atoms with Crippen LogP contribution < -0.4 is 5.32 Å². The van der Waals surface area contributed by atoms with Gasteiger partial charge < -0.3 is 14.7 Å². The summed E-state index contributed by atoms with van der Waals surface area (Å²) in [7, 11) is -4.29. The van der Waals surface area contributed by atoms with Crippen LogP contribution in [0, 0.1) is 5.82 Å². The predicted molar refractivity (Wildman–Crippen MR) is 135 cm³/mol. The number of carbonyl (C=O) groups excluding carboxylic acids is 1. The zero-order valence-electron chi connectivity index (χ0n) is 21.3. The Bertz CT molecular complexity index is 1290. The van der Waals surface area contributed by atoms with Crippen molar-refractivity contribution in [1.29, 1.82) is 0 Å². The lowest BCUT2D eigenvalue weighted by atomic mass is 9.94. The first-order valence-corrected chi connectivity index (χ1v) is 14.4. The van der Waals surface area contributed by atoms with Gasteiger partial charge in [-0.25, -0.2) is 22.6 Å². The number of aliphatic carboxylic acids is 1. The Kier molecular flexibility index (Phi) is 9.60. The van der Waals surface area contributed by atoms with Gasteiger partial charge in [-0.05, 0) is 44.4 Å². The second-order valence-electron chi connectivity index (χ2n) is 9.57. The molecular formula is C24H29F4N3O6S2. The third-order valence-electron chi connectivity index (χ3n) is 6.54. The third kappa shape index (κ3) is 7.25. The number of carboxylic acids is 1. The number of sulfone groups is 1. The van der Waals surface area contributed by atoms with Gasteiger partial charge in [0.1, 0.15) is 10.0 Å². The maximum atomic E-state index is 13.4. The molecule has 0 atom stereocenters. The lowest BCUT2D eigenvalue weighted by molar-refractivity contribution is -0.140. The summed E-state index contributed by atoms with van der Waals surface area (Å²) in [6.07, 6.45) is 0.388. The molecule has 0 saturated heterocycles. The van der Waals surface area contributed by atoms with Crippen molar-refractivity contribution >= 4 is 38.3 Å². The number of nitrogens with zero attached hydrogens (tertiary/aromatic N) is 2. The molecule has 15 heteroatoms. The van der Waals surface area contributed by atoms with Crippen LogP contribution in [0.3, 0.4) is 0 Å². The van der Waals surface area contributed by atoms with Gasteiger partial charge in [0, 0.05) is 12.6 Å². The number of nitrogens with one attached hydrogen (secondary N) is 1. The summed E-state index contributed by atoms with van der Waals surface area (Å²) < 4.78 is 81.6. The Morgan fingerprint density at radius 3 is 2.49 bits per heavy atom. The van der Waals surface area contributed by atoms with E-state index in [-0.39, 0.29) is 34.1 Å². The Morgan fingerprint density at radius 2 is 1.87 bits per heavy atom. The van der Waals surface area contributed by atoms with E-state index >= 15 is 0 Å². The third-order valence-corrected chi connectivity index (χ3v) is 10.3. The minimum atomic E-state index is -4.76. The van der Waals surface area contributed by atoms with Gasteiger partial charge in [0.15, 0.2) is 9.88 Å². The standard InChI is InChI=1S/C24H29F4N3O6S2/c1-23(2,20(32)33)39(35,36)19-13-29-21(38-19)30-22(34)31(17-6-4-3-5-7-17)10-11-37-14-15-8-9-16(25)12-18(15)24(26,27)28/h8-9,12-13,17H,3-7,10-11,14H2,1-2H3,(H,32,33)(H,29,30,34). The summed E-state index contributed by atoms with van der Waals surface area (Å²) in [6.45, 7) is 1.58. The lowest BCUT2D eigenvalue weighted by Gasteiger charge is -2.34. The Labute approximate surface area is 227 Å². The highest BCUT2D eigenvalue weighted by Crippen LogP contribution is 2.34.